The number of ketones is 1. The van der Waals surface area contributed by atoms with E-state index >= 15 is 0 Å². The summed E-state index contributed by atoms with van der Waals surface area (Å²) in [5, 5.41) is 0.394. The van der Waals surface area contributed by atoms with Gasteiger partial charge in [-0.15, -0.1) is 0 Å². The Balaban J connectivity index is 2.01. The lowest BCUT2D eigenvalue weighted by Crippen LogP contribution is -2.42. The van der Waals surface area contributed by atoms with Crippen molar-refractivity contribution in [1.29, 1.82) is 0 Å². The highest BCUT2D eigenvalue weighted by Crippen LogP contribution is 2.41. The molecule has 102 valence electrons. The molecule has 1 aromatic heterocycles. The number of benzene rings is 1. The Kier molecular flexibility index (Phi) is 1.70. The summed E-state index contributed by atoms with van der Waals surface area (Å²) in [5.74, 6) is -1.89. The highest BCUT2D eigenvalue weighted by atomic mass is 19.1. The summed E-state index contributed by atoms with van der Waals surface area (Å²) in [4.78, 5) is 15.8. The van der Waals surface area contributed by atoms with Crippen molar-refractivity contribution in [2.24, 2.45) is 0 Å². The van der Waals surface area contributed by atoms with Crippen LogP contribution in [0.2, 0.25) is 0 Å². The number of nitrogens with zero attached hydrogens (tertiary/aromatic N) is 1. The van der Waals surface area contributed by atoms with Gasteiger partial charge in [0.25, 0.3) is 0 Å². The fourth-order valence-corrected chi connectivity index (χ4v) is 3.18. The molecule has 0 saturated carbocycles. The summed E-state index contributed by atoms with van der Waals surface area (Å²) in [6.45, 7) is -2.71. The zero-order valence-electron chi connectivity index (χ0n) is 13.3. The first-order valence-corrected chi connectivity index (χ1v) is 6.27. The number of H-pyrrole nitrogens is 1. The standard InChI is InChI=1S/C15H12F2N2O/c1-19-6-8(20)3-9-12(19)2-7-5-18-15-11(17)4-10(16)14(9)13(7)15/h3-5,12,18H,2,6H2,1H3/t12-/m1/s1/i1D3. The van der Waals surface area contributed by atoms with Crippen LogP contribution in [0.15, 0.2) is 18.3 Å². The Hall–Kier alpha value is -2.01. The number of hydrogen-bond acceptors (Lipinski definition) is 2. The molecule has 2 heterocycles. The minimum Gasteiger partial charge on any atom is -0.358 e. The van der Waals surface area contributed by atoms with Crippen molar-refractivity contribution in [2.45, 2.75) is 12.5 Å². The van der Waals surface area contributed by atoms with Gasteiger partial charge in [-0.25, -0.2) is 8.78 Å². The molecule has 3 nitrogen and oxygen atoms in total. The van der Waals surface area contributed by atoms with Crippen molar-refractivity contribution < 1.29 is 17.7 Å². The van der Waals surface area contributed by atoms with E-state index in [1.165, 1.54) is 6.08 Å². The second-order valence-corrected chi connectivity index (χ2v) is 5.19. The van der Waals surface area contributed by atoms with Crippen LogP contribution >= 0.6 is 0 Å². The predicted octanol–water partition coefficient (Wildman–Crippen LogP) is 2.27. The molecular weight excluding hydrogens is 262 g/mol. The van der Waals surface area contributed by atoms with Crippen LogP contribution in [0, 0.1) is 11.6 Å². The Morgan fingerprint density at radius 2 is 2.30 bits per heavy atom. The van der Waals surface area contributed by atoms with Crippen molar-refractivity contribution in [3.8, 4) is 0 Å². The number of aromatic amines is 1. The number of rotatable bonds is 0. The first-order valence-electron chi connectivity index (χ1n) is 7.77. The molecule has 4 rings (SSSR count). The van der Waals surface area contributed by atoms with Crippen molar-refractivity contribution in [2.75, 3.05) is 13.5 Å². The lowest BCUT2D eigenvalue weighted by molar-refractivity contribution is -0.116. The van der Waals surface area contributed by atoms with Gasteiger partial charge in [-0.3, -0.25) is 9.69 Å². The number of hydrogen-bond donors (Lipinski definition) is 1. The van der Waals surface area contributed by atoms with Crippen LogP contribution in [-0.4, -0.2) is 35.2 Å². The number of carbonyl (C=O) groups excluding carboxylic acids is 1. The van der Waals surface area contributed by atoms with Gasteiger partial charge < -0.3 is 4.98 Å². The number of carbonyl (C=O) groups is 1. The van der Waals surface area contributed by atoms with E-state index < -0.39 is 30.4 Å². The van der Waals surface area contributed by atoms with Gasteiger partial charge in [0.1, 0.15) is 11.6 Å². The molecule has 0 spiro atoms. The molecule has 1 atom stereocenters. The predicted molar refractivity (Wildman–Crippen MR) is 71.3 cm³/mol. The van der Waals surface area contributed by atoms with Gasteiger partial charge in [-0.05, 0) is 30.6 Å². The van der Waals surface area contributed by atoms with E-state index in [-0.39, 0.29) is 24.0 Å². The molecule has 0 bridgehead atoms. The first kappa shape index (κ1) is 9.02. The monoisotopic (exact) mass is 277 g/mol. The van der Waals surface area contributed by atoms with E-state index in [1.54, 1.807) is 6.20 Å². The minimum absolute atomic E-state index is 0.121. The fraction of sp³-hybridized carbons (Fsp3) is 0.267. The molecule has 1 aliphatic heterocycles. The highest BCUT2D eigenvalue weighted by Gasteiger charge is 2.35. The Labute approximate surface area is 118 Å². The Morgan fingerprint density at radius 3 is 3.10 bits per heavy atom. The molecule has 1 aromatic carbocycles. The van der Waals surface area contributed by atoms with Gasteiger partial charge in [0.15, 0.2) is 5.78 Å². The normalized spacial score (nSPS) is 24.9. The van der Waals surface area contributed by atoms with Crippen LogP contribution in [0.3, 0.4) is 0 Å². The van der Waals surface area contributed by atoms with E-state index in [9.17, 15) is 13.6 Å². The third-order valence-electron chi connectivity index (χ3n) is 4.02. The summed E-state index contributed by atoms with van der Waals surface area (Å²) in [5.41, 5.74) is 1.26. The van der Waals surface area contributed by atoms with Crippen molar-refractivity contribution in [3.05, 3.63) is 41.1 Å². The number of likely N-dealkylation sites (N-methyl/N-ethyl adjacent to an activating group) is 1. The highest BCUT2D eigenvalue weighted by molar-refractivity contribution is 6.07. The number of aromatic nitrogens is 1. The van der Waals surface area contributed by atoms with Gasteiger partial charge >= 0.3 is 0 Å². The maximum absolute atomic E-state index is 14.4. The summed E-state index contributed by atoms with van der Waals surface area (Å²) >= 11 is 0. The van der Waals surface area contributed by atoms with E-state index in [0.29, 0.717) is 16.5 Å². The molecule has 0 radical (unpaired) electrons. The summed E-state index contributed by atoms with van der Waals surface area (Å²) in [6.07, 6.45) is 3.15. The van der Waals surface area contributed by atoms with Crippen molar-refractivity contribution in [1.82, 2.24) is 9.88 Å². The van der Waals surface area contributed by atoms with Gasteiger partial charge in [0.05, 0.1) is 12.1 Å². The smallest absolute Gasteiger partial charge is 0.170 e. The van der Waals surface area contributed by atoms with Crippen LogP contribution in [0.1, 0.15) is 15.2 Å². The largest absolute Gasteiger partial charge is 0.358 e. The fourth-order valence-electron chi connectivity index (χ4n) is 3.18. The first-order chi connectivity index (χ1) is 10.8. The van der Waals surface area contributed by atoms with Crippen LogP contribution < -0.4 is 0 Å². The summed E-state index contributed by atoms with van der Waals surface area (Å²) in [6, 6.07) is 0.131. The Bertz CT molecular complexity index is 885. The quantitative estimate of drug-likeness (QED) is 0.802. The molecule has 2 aliphatic rings. The molecule has 1 N–H and O–H groups in total. The van der Waals surface area contributed by atoms with Crippen LogP contribution in [-0.2, 0) is 11.2 Å². The van der Waals surface area contributed by atoms with Gasteiger partial charge in [-0.1, -0.05) is 0 Å². The van der Waals surface area contributed by atoms with E-state index in [2.05, 4.69) is 4.98 Å². The molecule has 0 unspecified atom stereocenters. The number of fused-ring (bicyclic) bond motifs is 2. The molecule has 0 saturated heterocycles. The van der Waals surface area contributed by atoms with Crippen LogP contribution in [0.4, 0.5) is 8.78 Å². The molecule has 5 heteroatoms. The minimum atomic E-state index is -2.47. The van der Waals surface area contributed by atoms with Gasteiger partial charge in [-0.2, -0.15) is 0 Å². The average Bonchev–Trinajstić information content (AvgIpc) is 2.86. The third kappa shape index (κ3) is 1.38. The Morgan fingerprint density at radius 1 is 1.45 bits per heavy atom. The maximum Gasteiger partial charge on any atom is 0.170 e. The van der Waals surface area contributed by atoms with E-state index in [4.69, 9.17) is 4.11 Å². The molecule has 20 heavy (non-hydrogen) atoms. The van der Waals surface area contributed by atoms with Crippen LogP contribution in [0.5, 0.6) is 0 Å². The maximum atomic E-state index is 14.4. The van der Waals surface area contributed by atoms with Gasteiger partial charge in [0, 0.05) is 33.4 Å². The lowest BCUT2D eigenvalue weighted by Gasteiger charge is -2.36. The second-order valence-electron chi connectivity index (χ2n) is 5.19. The average molecular weight is 277 g/mol. The van der Waals surface area contributed by atoms with E-state index in [1.807, 2.05) is 0 Å². The SMILES string of the molecule is [2H]C([2H])([2H])N1CC(=O)C=C2c3c(F)cc(F)c4[nH]cc(c34)C[C@H]21. The summed E-state index contributed by atoms with van der Waals surface area (Å²) in [7, 11) is 0. The lowest BCUT2D eigenvalue weighted by atomic mass is 9.81. The van der Waals surface area contributed by atoms with Crippen molar-refractivity contribution in [3.63, 3.8) is 0 Å². The molecule has 2 aromatic rings. The van der Waals surface area contributed by atoms with Crippen LogP contribution in [0.25, 0.3) is 16.5 Å². The molecule has 0 fully saturated rings. The molecule has 0 amide bonds. The zero-order valence-corrected chi connectivity index (χ0v) is 10.3. The number of nitrogens with one attached hydrogen (secondary N) is 1. The van der Waals surface area contributed by atoms with Crippen molar-refractivity contribution >= 4 is 22.3 Å². The second kappa shape index (κ2) is 3.76. The summed E-state index contributed by atoms with van der Waals surface area (Å²) < 4.78 is 51.3. The molecule has 1 aliphatic carbocycles. The molecular formula is C15H12F2N2O. The zero-order chi connectivity index (χ0) is 16.5. The van der Waals surface area contributed by atoms with E-state index in [0.717, 1.165) is 11.0 Å². The number of halogens is 2. The van der Waals surface area contributed by atoms with Gasteiger partial charge in [0.2, 0.25) is 0 Å². The third-order valence-corrected chi connectivity index (χ3v) is 4.02. The topological polar surface area (TPSA) is 36.1 Å².